The summed E-state index contributed by atoms with van der Waals surface area (Å²) < 4.78 is 37.8. The molecule has 0 saturated carbocycles. The van der Waals surface area contributed by atoms with Crippen LogP contribution in [0.2, 0.25) is 0 Å². The van der Waals surface area contributed by atoms with Crippen LogP contribution in [0.15, 0.2) is 23.7 Å². The number of aromatic nitrogens is 2. The van der Waals surface area contributed by atoms with Crippen molar-refractivity contribution in [3.63, 3.8) is 0 Å². The van der Waals surface area contributed by atoms with Crippen molar-refractivity contribution in [1.82, 2.24) is 9.97 Å². The molecule has 0 aliphatic heterocycles. The SMILES string of the molecule is CCC(=O)Nc1nc(-c2cc(C(F)(F)F)ccn2)cs1. The number of carbonyl (C=O) groups excluding carboxylic acids is 1. The zero-order chi connectivity index (χ0) is 14.8. The normalized spacial score (nSPS) is 11.4. The minimum atomic E-state index is -4.42. The Balaban J connectivity index is 2.26. The third kappa shape index (κ3) is 3.32. The van der Waals surface area contributed by atoms with Crippen molar-refractivity contribution in [2.75, 3.05) is 5.32 Å². The van der Waals surface area contributed by atoms with Crippen LogP contribution in [0, 0.1) is 0 Å². The van der Waals surface area contributed by atoms with Gasteiger partial charge >= 0.3 is 6.18 Å². The molecule has 0 aliphatic rings. The van der Waals surface area contributed by atoms with Gasteiger partial charge in [-0.2, -0.15) is 13.2 Å². The summed E-state index contributed by atoms with van der Waals surface area (Å²) in [6, 6.07) is 1.83. The fourth-order valence-corrected chi connectivity index (χ4v) is 2.12. The first-order valence-electron chi connectivity index (χ1n) is 5.69. The molecular weight excluding hydrogens is 291 g/mol. The van der Waals surface area contributed by atoms with Gasteiger partial charge in [-0.1, -0.05) is 6.92 Å². The predicted octanol–water partition coefficient (Wildman–Crippen LogP) is 3.57. The Morgan fingerprint density at radius 2 is 2.15 bits per heavy atom. The van der Waals surface area contributed by atoms with E-state index in [0.717, 1.165) is 29.7 Å². The summed E-state index contributed by atoms with van der Waals surface area (Å²) in [4.78, 5) is 19.1. The third-order valence-electron chi connectivity index (χ3n) is 2.42. The first-order valence-corrected chi connectivity index (χ1v) is 6.57. The first kappa shape index (κ1) is 14.4. The molecular formula is C12H10F3N3OS. The van der Waals surface area contributed by atoms with Gasteiger partial charge in [0.15, 0.2) is 5.13 Å². The number of amides is 1. The van der Waals surface area contributed by atoms with E-state index in [-0.39, 0.29) is 11.6 Å². The molecule has 2 heterocycles. The highest BCUT2D eigenvalue weighted by atomic mass is 32.1. The van der Waals surface area contributed by atoms with Gasteiger partial charge in [-0.3, -0.25) is 9.78 Å². The largest absolute Gasteiger partial charge is 0.416 e. The highest BCUT2D eigenvalue weighted by Crippen LogP contribution is 2.31. The van der Waals surface area contributed by atoms with Gasteiger partial charge in [0.05, 0.1) is 11.3 Å². The van der Waals surface area contributed by atoms with Gasteiger partial charge in [0.1, 0.15) is 5.69 Å². The van der Waals surface area contributed by atoms with E-state index in [1.807, 2.05) is 0 Å². The predicted molar refractivity (Wildman–Crippen MR) is 69.3 cm³/mol. The van der Waals surface area contributed by atoms with Crippen LogP contribution in [0.5, 0.6) is 0 Å². The standard InChI is InChI=1S/C12H10F3N3OS/c1-2-10(19)18-11-17-9(6-20-11)8-5-7(3-4-16-8)12(13,14)15/h3-6H,2H2,1H3,(H,17,18,19). The second kappa shape index (κ2) is 5.58. The summed E-state index contributed by atoms with van der Waals surface area (Å²) in [5.74, 6) is -0.206. The molecule has 0 unspecified atom stereocenters. The number of hydrogen-bond acceptors (Lipinski definition) is 4. The van der Waals surface area contributed by atoms with Crippen LogP contribution >= 0.6 is 11.3 Å². The van der Waals surface area contributed by atoms with E-state index in [2.05, 4.69) is 15.3 Å². The topological polar surface area (TPSA) is 54.9 Å². The summed E-state index contributed by atoms with van der Waals surface area (Å²) in [6.45, 7) is 1.69. The number of anilines is 1. The molecule has 4 nitrogen and oxygen atoms in total. The second-order valence-electron chi connectivity index (χ2n) is 3.87. The molecule has 0 aliphatic carbocycles. The van der Waals surface area contributed by atoms with Crippen molar-refractivity contribution in [3.05, 3.63) is 29.3 Å². The van der Waals surface area contributed by atoms with Crippen molar-refractivity contribution in [1.29, 1.82) is 0 Å². The molecule has 0 aromatic carbocycles. The van der Waals surface area contributed by atoms with E-state index in [1.54, 1.807) is 12.3 Å². The number of hydrogen-bond donors (Lipinski definition) is 1. The van der Waals surface area contributed by atoms with Crippen molar-refractivity contribution in [2.24, 2.45) is 0 Å². The monoisotopic (exact) mass is 301 g/mol. The number of halogens is 3. The molecule has 20 heavy (non-hydrogen) atoms. The molecule has 0 fully saturated rings. The zero-order valence-corrected chi connectivity index (χ0v) is 11.2. The number of alkyl halides is 3. The summed E-state index contributed by atoms with van der Waals surface area (Å²) >= 11 is 1.14. The summed E-state index contributed by atoms with van der Waals surface area (Å²) in [5.41, 5.74) is -0.366. The van der Waals surface area contributed by atoms with Gasteiger partial charge in [-0.05, 0) is 12.1 Å². The number of pyridine rings is 1. The van der Waals surface area contributed by atoms with E-state index >= 15 is 0 Å². The maximum Gasteiger partial charge on any atom is 0.416 e. The van der Waals surface area contributed by atoms with Gasteiger partial charge in [-0.15, -0.1) is 11.3 Å². The van der Waals surface area contributed by atoms with E-state index in [1.165, 1.54) is 0 Å². The summed E-state index contributed by atoms with van der Waals surface area (Å²) in [5, 5.41) is 4.43. The summed E-state index contributed by atoms with van der Waals surface area (Å²) in [6.07, 6.45) is -3.04. The molecule has 0 saturated heterocycles. The first-order chi connectivity index (χ1) is 9.40. The Morgan fingerprint density at radius 3 is 2.80 bits per heavy atom. The van der Waals surface area contributed by atoms with Gasteiger partial charge in [0, 0.05) is 18.0 Å². The molecule has 2 aromatic heterocycles. The van der Waals surface area contributed by atoms with Gasteiger partial charge in [0.2, 0.25) is 5.91 Å². The molecule has 2 aromatic rings. The van der Waals surface area contributed by atoms with Crippen LogP contribution in [0.1, 0.15) is 18.9 Å². The van der Waals surface area contributed by atoms with Gasteiger partial charge < -0.3 is 5.32 Å². The Morgan fingerprint density at radius 1 is 1.40 bits per heavy atom. The molecule has 0 spiro atoms. The third-order valence-corrected chi connectivity index (χ3v) is 3.18. The molecule has 1 amide bonds. The van der Waals surface area contributed by atoms with Crippen LogP contribution in [0.3, 0.4) is 0 Å². The Kier molecular flexibility index (Phi) is 4.03. The van der Waals surface area contributed by atoms with E-state index in [4.69, 9.17) is 0 Å². The maximum atomic E-state index is 12.6. The van der Waals surface area contributed by atoms with Crippen LogP contribution in [-0.2, 0) is 11.0 Å². The second-order valence-corrected chi connectivity index (χ2v) is 4.73. The molecule has 2 rings (SSSR count). The van der Waals surface area contributed by atoms with Crippen molar-refractivity contribution in [2.45, 2.75) is 19.5 Å². The van der Waals surface area contributed by atoms with Crippen LogP contribution in [0.25, 0.3) is 11.4 Å². The molecule has 0 bridgehead atoms. The Bertz CT molecular complexity index is 624. The lowest BCUT2D eigenvalue weighted by molar-refractivity contribution is -0.137. The number of nitrogens with one attached hydrogen (secondary N) is 1. The fraction of sp³-hybridized carbons (Fsp3) is 0.250. The molecule has 0 atom stereocenters. The lowest BCUT2D eigenvalue weighted by atomic mass is 10.2. The number of carbonyl (C=O) groups is 1. The van der Waals surface area contributed by atoms with E-state index < -0.39 is 11.7 Å². The molecule has 0 radical (unpaired) electrons. The Hall–Kier alpha value is -1.96. The lowest BCUT2D eigenvalue weighted by Gasteiger charge is -2.06. The van der Waals surface area contributed by atoms with E-state index in [9.17, 15) is 18.0 Å². The Labute approximate surface area is 116 Å². The zero-order valence-electron chi connectivity index (χ0n) is 10.4. The van der Waals surface area contributed by atoms with Crippen LogP contribution in [-0.4, -0.2) is 15.9 Å². The highest BCUT2D eigenvalue weighted by Gasteiger charge is 2.30. The summed E-state index contributed by atoms with van der Waals surface area (Å²) in [7, 11) is 0. The fourth-order valence-electron chi connectivity index (χ4n) is 1.40. The van der Waals surface area contributed by atoms with Gasteiger partial charge in [0.25, 0.3) is 0 Å². The van der Waals surface area contributed by atoms with E-state index in [0.29, 0.717) is 17.2 Å². The number of rotatable bonds is 3. The lowest BCUT2D eigenvalue weighted by Crippen LogP contribution is -2.09. The smallest absolute Gasteiger partial charge is 0.302 e. The van der Waals surface area contributed by atoms with Crippen LogP contribution in [0.4, 0.5) is 18.3 Å². The average Bonchev–Trinajstić information content (AvgIpc) is 2.86. The van der Waals surface area contributed by atoms with Gasteiger partial charge in [-0.25, -0.2) is 4.98 Å². The molecule has 1 N–H and O–H groups in total. The van der Waals surface area contributed by atoms with Crippen molar-refractivity contribution >= 4 is 22.4 Å². The number of nitrogens with zero attached hydrogens (tertiary/aromatic N) is 2. The quantitative estimate of drug-likeness (QED) is 0.943. The minimum absolute atomic E-state index is 0.119. The highest BCUT2D eigenvalue weighted by molar-refractivity contribution is 7.14. The number of thiazole rings is 1. The van der Waals surface area contributed by atoms with Crippen molar-refractivity contribution < 1.29 is 18.0 Å². The minimum Gasteiger partial charge on any atom is -0.302 e. The molecule has 8 heteroatoms. The maximum absolute atomic E-state index is 12.6. The average molecular weight is 301 g/mol. The molecule has 106 valence electrons. The van der Waals surface area contributed by atoms with Crippen LogP contribution < -0.4 is 5.32 Å². The van der Waals surface area contributed by atoms with Crippen molar-refractivity contribution in [3.8, 4) is 11.4 Å².